The van der Waals surface area contributed by atoms with Crippen molar-refractivity contribution in [2.24, 2.45) is 0 Å². The molecule has 6 heteroatoms. The van der Waals surface area contributed by atoms with Crippen molar-refractivity contribution in [2.75, 3.05) is 7.05 Å². The van der Waals surface area contributed by atoms with Gasteiger partial charge in [0.1, 0.15) is 6.04 Å². The van der Waals surface area contributed by atoms with Gasteiger partial charge >= 0.3 is 0 Å². The number of aryl methyl sites for hydroxylation is 2. The number of carbonyl (C=O) groups excluding carboxylic acids is 2. The van der Waals surface area contributed by atoms with E-state index < -0.39 is 6.04 Å². The van der Waals surface area contributed by atoms with Crippen LogP contribution >= 0.6 is 0 Å². The molecule has 0 bridgehead atoms. The largest absolute Gasteiger partial charge is 0.357 e. The summed E-state index contributed by atoms with van der Waals surface area (Å²) in [5.41, 5.74) is 4.26. The molecule has 1 aliphatic rings. The minimum atomic E-state index is -0.674. The van der Waals surface area contributed by atoms with E-state index in [2.05, 4.69) is 20.8 Å². The van der Waals surface area contributed by atoms with Crippen LogP contribution in [0.1, 0.15) is 47.8 Å². The first-order chi connectivity index (χ1) is 12.2. The molecule has 2 aromatic rings. The van der Waals surface area contributed by atoms with Gasteiger partial charge in [-0.3, -0.25) is 14.7 Å². The van der Waals surface area contributed by atoms with Crippen LogP contribution in [-0.2, 0) is 28.9 Å². The zero-order valence-corrected chi connectivity index (χ0v) is 14.5. The molecule has 0 radical (unpaired) electrons. The third kappa shape index (κ3) is 4.07. The van der Waals surface area contributed by atoms with Gasteiger partial charge in [-0.1, -0.05) is 30.3 Å². The minimum Gasteiger partial charge on any atom is -0.357 e. The quantitative estimate of drug-likeness (QED) is 0.750. The molecule has 1 aliphatic carbocycles. The number of amides is 2. The molecule has 0 spiro atoms. The van der Waals surface area contributed by atoms with E-state index in [1.807, 2.05) is 30.3 Å². The number of hydrogen-bond acceptors (Lipinski definition) is 3. The highest BCUT2D eigenvalue weighted by Gasteiger charge is 2.22. The number of aromatic amines is 1. The Labute approximate surface area is 147 Å². The standard InChI is InChI=1S/C19H24N4O2/c1-20-19(25)18(13-7-3-2-4-8-13)21-17(24)12-11-16-14-9-5-6-10-15(14)22-23-16/h2-4,7-8,18H,5-6,9-12H2,1H3,(H,20,25)(H,21,24)(H,22,23). The zero-order chi connectivity index (χ0) is 17.6. The summed E-state index contributed by atoms with van der Waals surface area (Å²) in [6.07, 6.45) is 5.36. The molecule has 3 N–H and O–H groups in total. The Morgan fingerprint density at radius 2 is 1.96 bits per heavy atom. The summed E-state index contributed by atoms with van der Waals surface area (Å²) in [5.74, 6) is -0.373. The zero-order valence-electron chi connectivity index (χ0n) is 14.5. The monoisotopic (exact) mass is 340 g/mol. The van der Waals surface area contributed by atoms with E-state index in [-0.39, 0.29) is 11.8 Å². The average molecular weight is 340 g/mol. The third-order valence-corrected chi connectivity index (χ3v) is 4.68. The van der Waals surface area contributed by atoms with Crippen LogP contribution in [0.2, 0.25) is 0 Å². The molecule has 0 aliphatic heterocycles. The summed E-state index contributed by atoms with van der Waals surface area (Å²) in [4.78, 5) is 24.5. The Hall–Kier alpha value is -2.63. The molecule has 1 heterocycles. The fourth-order valence-corrected chi connectivity index (χ4v) is 3.31. The van der Waals surface area contributed by atoms with E-state index in [0.29, 0.717) is 12.8 Å². The first-order valence-electron chi connectivity index (χ1n) is 8.80. The van der Waals surface area contributed by atoms with Gasteiger partial charge in [0.15, 0.2) is 0 Å². The van der Waals surface area contributed by atoms with Crippen molar-refractivity contribution in [1.29, 1.82) is 0 Å². The van der Waals surface area contributed by atoms with Gasteiger partial charge in [-0.25, -0.2) is 0 Å². The van der Waals surface area contributed by atoms with E-state index >= 15 is 0 Å². The van der Waals surface area contributed by atoms with Crippen molar-refractivity contribution in [2.45, 2.75) is 44.6 Å². The summed E-state index contributed by atoms with van der Waals surface area (Å²) in [7, 11) is 1.57. The lowest BCUT2D eigenvalue weighted by Gasteiger charge is -2.17. The number of carbonyl (C=O) groups is 2. The molecule has 0 saturated carbocycles. The third-order valence-electron chi connectivity index (χ3n) is 4.68. The Balaban J connectivity index is 1.62. The van der Waals surface area contributed by atoms with Crippen molar-refractivity contribution in [3.63, 3.8) is 0 Å². The maximum atomic E-state index is 12.4. The van der Waals surface area contributed by atoms with Crippen molar-refractivity contribution in [3.05, 3.63) is 52.8 Å². The molecule has 132 valence electrons. The number of H-pyrrole nitrogens is 1. The lowest BCUT2D eigenvalue weighted by molar-refractivity contribution is -0.128. The molecule has 1 aromatic carbocycles. The van der Waals surface area contributed by atoms with Crippen LogP contribution in [0.4, 0.5) is 0 Å². The van der Waals surface area contributed by atoms with Crippen LogP contribution in [0, 0.1) is 0 Å². The molecule has 25 heavy (non-hydrogen) atoms. The second-order valence-corrected chi connectivity index (χ2v) is 6.36. The summed E-state index contributed by atoms with van der Waals surface area (Å²) in [5, 5.41) is 12.9. The van der Waals surface area contributed by atoms with E-state index in [9.17, 15) is 9.59 Å². The SMILES string of the molecule is CNC(=O)C(NC(=O)CCc1n[nH]c2c1CCCC2)c1ccccc1. The number of hydrogen-bond donors (Lipinski definition) is 3. The lowest BCUT2D eigenvalue weighted by Crippen LogP contribution is -2.39. The number of fused-ring (bicyclic) bond motifs is 1. The maximum absolute atomic E-state index is 12.4. The number of aromatic nitrogens is 2. The fraction of sp³-hybridized carbons (Fsp3) is 0.421. The molecule has 6 nitrogen and oxygen atoms in total. The molecule has 1 atom stereocenters. The van der Waals surface area contributed by atoms with E-state index in [1.165, 1.54) is 24.1 Å². The Kier molecular flexibility index (Phi) is 5.48. The van der Waals surface area contributed by atoms with Crippen molar-refractivity contribution in [1.82, 2.24) is 20.8 Å². The smallest absolute Gasteiger partial charge is 0.246 e. The number of likely N-dealkylation sites (N-methyl/N-ethyl adjacent to an activating group) is 1. The Morgan fingerprint density at radius 1 is 1.20 bits per heavy atom. The molecule has 1 aromatic heterocycles. The van der Waals surface area contributed by atoms with Crippen molar-refractivity contribution >= 4 is 11.8 Å². The molecule has 2 amide bonds. The second kappa shape index (κ2) is 7.96. The van der Waals surface area contributed by atoms with Crippen molar-refractivity contribution < 1.29 is 9.59 Å². The van der Waals surface area contributed by atoms with Gasteiger partial charge in [-0.15, -0.1) is 0 Å². The van der Waals surface area contributed by atoms with Gasteiger partial charge in [-0.05, 0) is 36.8 Å². The van der Waals surface area contributed by atoms with Crippen LogP contribution < -0.4 is 10.6 Å². The molecule has 0 fully saturated rings. The van der Waals surface area contributed by atoms with Gasteiger partial charge in [0.2, 0.25) is 11.8 Å². The van der Waals surface area contributed by atoms with E-state index in [1.54, 1.807) is 7.05 Å². The van der Waals surface area contributed by atoms with Gasteiger partial charge in [-0.2, -0.15) is 5.10 Å². The fourth-order valence-electron chi connectivity index (χ4n) is 3.31. The van der Waals surface area contributed by atoms with Gasteiger partial charge in [0.05, 0.1) is 5.69 Å². The van der Waals surface area contributed by atoms with Crippen LogP contribution in [0.5, 0.6) is 0 Å². The minimum absolute atomic E-state index is 0.148. The number of benzene rings is 1. The number of rotatable bonds is 6. The highest BCUT2D eigenvalue weighted by atomic mass is 16.2. The van der Waals surface area contributed by atoms with E-state index in [4.69, 9.17) is 0 Å². The second-order valence-electron chi connectivity index (χ2n) is 6.36. The first-order valence-corrected chi connectivity index (χ1v) is 8.80. The average Bonchev–Trinajstić information content (AvgIpc) is 3.08. The van der Waals surface area contributed by atoms with Gasteiger partial charge < -0.3 is 10.6 Å². The predicted molar refractivity (Wildman–Crippen MR) is 94.9 cm³/mol. The number of nitrogens with zero attached hydrogens (tertiary/aromatic N) is 1. The summed E-state index contributed by atoms with van der Waals surface area (Å²) < 4.78 is 0. The molecule has 3 rings (SSSR count). The summed E-state index contributed by atoms with van der Waals surface area (Å²) in [6.45, 7) is 0. The summed E-state index contributed by atoms with van der Waals surface area (Å²) >= 11 is 0. The molecular formula is C19H24N4O2. The topological polar surface area (TPSA) is 86.9 Å². The summed E-state index contributed by atoms with van der Waals surface area (Å²) in [6, 6.07) is 8.59. The maximum Gasteiger partial charge on any atom is 0.246 e. The normalized spacial score (nSPS) is 14.4. The highest BCUT2D eigenvalue weighted by molar-refractivity contribution is 5.88. The van der Waals surface area contributed by atoms with Crippen LogP contribution in [0.3, 0.4) is 0 Å². The highest BCUT2D eigenvalue weighted by Crippen LogP contribution is 2.23. The predicted octanol–water partition coefficient (Wildman–Crippen LogP) is 1.82. The first kappa shape index (κ1) is 17.2. The van der Waals surface area contributed by atoms with Crippen LogP contribution in [-0.4, -0.2) is 29.1 Å². The molecular weight excluding hydrogens is 316 g/mol. The van der Waals surface area contributed by atoms with Gasteiger partial charge in [0.25, 0.3) is 0 Å². The molecule has 1 unspecified atom stereocenters. The van der Waals surface area contributed by atoms with Crippen LogP contribution in [0.15, 0.2) is 30.3 Å². The van der Waals surface area contributed by atoms with E-state index in [0.717, 1.165) is 24.1 Å². The lowest BCUT2D eigenvalue weighted by atomic mass is 9.94. The van der Waals surface area contributed by atoms with Crippen LogP contribution in [0.25, 0.3) is 0 Å². The number of nitrogens with one attached hydrogen (secondary N) is 3. The van der Waals surface area contributed by atoms with Gasteiger partial charge in [0, 0.05) is 25.6 Å². The molecule has 0 saturated heterocycles. The Bertz CT molecular complexity index is 739. The van der Waals surface area contributed by atoms with Crippen molar-refractivity contribution in [3.8, 4) is 0 Å². The Morgan fingerprint density at radius 3 is 2.72 bits per heavy atom.